The van der Waals surface area contributed by atoms with E-state index in [1.807, 2.05) is 0 Å². The highest BCUT2D eigenvalue weighted by Gasteiger charge is 2.41. The average Bonchev–Trinajstić information content (AvgIpc) is 3.30. The fourth-order valence-corrected chi connectivity index (χ4v) is 4.65. The highest BCUT2D eigenvalue weighted by atomic mass is 127. The van der Waals surface area contributed by atoms with E-state index in [1.165, 1.54) is 30.4 Å². The van der Waals surface area contributed by atoms with Crippen LogP contribution in [0.5, 0.6) is 0 Å². The van der Waals surface area contributed by atoms with Gasteiger partial charge in [0.1, 0.15) is 0 Å². The zero-order valence-corrected chi connectivity index (χ0v) is 19.4. The molecule has 1 aromatic carbocycles. The van der Waals surface area contributed by atoms with E-state index in [2.05, 4.69) is 48.7 Å². The van der Waals surface area contributed by atoms with Crippen LogP contribution in [-0.2, 0) is 9.47 Å². The average molecular weight is 499 g/mol. The van der Waals surface area contributed by atoms with Crippen molar-refractivity contribution in [2.24, 2.45) is 10.9 Å². The Labute approximate surface area is 186 Å². The van der Waals surface area contributed by atoms with Gasteiger partial charge < -0.3 is 20.1 Å². The van der Waals surface area contributed by atoms with E-state index in [0.717, 1.165) is 38.5 Å². The predicted octanol–water partition coefficient (Wildman–Crippen LogP) is 3.96. The highest BCUT2D eigenvalue weighted by Crippen LogP contribution is 2.35. The zero-order valence-electron chi connectivity index (χ0n) is 17.0. The first-order valence-electron chi connectivity index (χ1n) is 10.6. The topological polar surface area (TPSA) is 54.9 Å². The molecule has 0 spiro atoms. The third-order valence-electron chi connectivity index (χ3n) is 6.11. The molecule has 28 heavy (non-hydrogen) atoms. The molecule has 3 aliphatic rings. The predicted molar refractivity (Wildman–Crippen MR) is 123 cm³/mol. The van der Waals surface area contributed by atoms with E-state index in [4.69, 9.17) is 14.5 Å². The molecule has 156 valence electrons. The minimum absolute atomic E-state index is 0. The number of hydrogen-bond acceptors (Lipinski definition) is 3. The van der Waals surface area contributed by atoms with E-state index < -0.39 is 0 Å². The molecule has 0 radical (unpaired) electrons. The summed E-state index contributed by atoms with van der Waals surface area (Å²) < 4.78 is 12.1. The second-order valence-electron chi connectivity index (χ2n) is 8.18. The molecular weight excluding hydrogens is 465 g/mol. The van der Waals surface area contributed by atoms with Crippen molar-refractivity contribution in [1.82, 2.24) is 10.6 Å². The first-order valence-corrected chi connectivity index (χ1v) is 10.6. The Bertz CT molecular complexity index is 652. The fourth-order valence-electron chi connectivity index (χ4n) is 4.65. The monoisotopic (exact) mass is 499 g/mol. The fraction of sp³-hybridized carbons (Fsp3) is 0.682. The summed E-state index contributed by atoms with van der Waals surface area (Å²) in [5.74, 6) is 1.35. The first-order chi connectivity index (χ1) is 13.2. The molecule has 2 N–H and O–H groups in total. The van der Waals surface area contributed by atoms with Gasteiger partial charge in [0.15, 0.2) is 5.96 Å². The largest absolute Gasteiger partial charge is 0.373 e. The van der Waals surface area contributed by atoms with Gasteiger partial charge in [-0.15, -0.1) is 24.0 Å². The maximum absolute atomic E-state index is 6.15. The van der Waals surface area contributed by atoms with Gasteiger partial charge in [0, 0.05) is 25.6 Å². The molecule has 0 amide bonds. The molecule has 3 aliphatic heterocycles. The van der Waals surface area contributed by atoms with Crippen molar-refractivity contribution >= 4 is 29.9 Å². The normalized spacial score (nSPS) is 32.1. The molecule has 5 unspecified atom stereocenters. The van der Waals surface area contributed by atoms with Crippen LogP contribution in [-0.4, -0.2) is 43.9 Å². The molecule has 2 bridgehead atoms. The smallest absolute Gasteiger partial charge is 0.191 e. The molecule has 0 aliphatic carbocycles. The van der Waals surface area contributed by atoms with Crippen LogP contribution in [0.3, 0.4) is 0 Å². The maximum Gasteiger partial charge on any atom is 0.191 e. The maximum atomic E-state index is 6.15. The van der Waals surface area contributed by atoms with E-state index >= 15 is 0 Å². The van der Waals surface area contributed by atoms with Gasteiger partial charge in [-0.1, -0.05) is 29.8 Å². The van der Waals surface area contributed by atoms with Gasteiger partial charge in [0.2, 0.25) is 0 Å². The molecule has 4 rings (SSSR count). The molecule has 6 heteroatoms. The van der Waals surface area contributed by atoms with Crippen LogP contribution in [0, 0.1) is 12.8 Å². The number of nitrogens with zero attached hydrogens (tertiary/aromatic N) is 1. The lowest BCUT2D eigenvalue weighted by Crippen LogP contribution is -2.47. The molecule has 0 saturated carbocycles. The van der Waals surface area contributed by atoms with Crippen molar-refractivity contribution in [3.05, 3.63) is 35.4 Å². The lowest BCUT2D eigenvalue weighted by molar-refractivity contribution is -0.0250. The molecule has 3 heterocycles. The number of rotatable bonds is 5. The molecule has 0 aromatic heterocycles. The lowest BCUT2D eigenvalue weighted by Gasteiger charge is -2.31. The Kier molecular flexibility index (Phi) is 8.00. The Morgan fingerprint density at radius 1 is 1.18 bits per heavy atom. The summed E-state index contributed by atoms with van der Waals surface area (Å²) in [6.07, 6.45) is 6.74. The second kappa shape index (κ2) is 10.3. The molecular formula is C22H34IN3O2. The Balaban J connectivity index is 0.00000225. The Hall–Kier alpha value is -0.860. The minimum atomic E-state index is 0. The number of fused-ring (bicyclic) bond motifs is 2. The lowest BCUT2D eigenvalue weighted by atomic mass is 9.89. The number of halogens is 1. The van der Waals surface area contributed by atoms with Crippen molar-refractivity contribution in [2.45, 2.75) is 70.3 Å². The third-order valence-corrected chi connectivity index (χ3v) is 6.11. The Morgan fingerprint density at radius 2 is 2.00 bits per heavy atom. The van der Waals surface area contributed by atoms with Crippen molar-refractivity contribution < 1.29 is 9.47 Å². The van der Waals surface area contributed by atoms with E-state index in [9.17, 15) is 0 Å². The van der Waals surface area contributed by atoms with E-state index in [1.54, 1.807) is 0 Å². The van der Waals surface area contributed by atoms with Gasteiger partial charge in [0.25, 0.3) is 0 Å². The zero-order chi connectivity index (χ0) is 18.6. The van der Waals surface area contributed by atoms with Crippen LogP contribution in [0.2, 0.25) is 0 Å². The van der Waals surface area contributed by atoms with Crippen LogP contribution in [0.15, 0.2) is 29.3 Å². The molecule has 3 saturated heterocycles. The van der Waals surface area contributed by atoms with Gasteiger partial charge in [-0.2, -0.15) is 0 Å². The summed E-state index contributed by atoms with van der Waals surface area (Å²) in [4.78, 5) is 4.94. The van der Waals surface area contributed by atoms with E-state index in [-0.39, 0.29) is 30.1 Å². The van der Waals surface area contributed by atoms with Crippen LogP contribution < -0.4 is 10.6 Å². The number of aliphatic imine (C=N–C) groups is 1. The SMILES string of the molecule is CCNC(=NCC1CCCOC1c1ccc(C)cc1)NC1CC2CCC1O2.I. The van der Waals surface area contributed by atoms with E-state index in [0.29, 0.717) is 24.2 Å². The van der Waals surface area contributed by atoms with Gasteiger partial charge in [-0.25, -0.2) is 0 Å². The number of ether oxygens (including phenoxy) is 2. The summed E-state index contributed by atoms with van der Waals surface area (Å²) in [5.41, 5.74) is 2.57. The summed E-state index contributed by atoms with van der Waals surface area (Å²) in [7, 11) is 0. The number of hydrogen-bond donors (Lipinski definition) is 2. The van der Waals surface area contributed by atoms with Crippen molar-refractivity contribution in [3.8, 4) is 0 Å². The van der Waals surface area contributed by atoms with Gasteiger partial charge in [-0.3, -0.25) is 4.99 Å². The standard InChI is InChI=1S/C22H33N3O2.HI/c1-3-23-22(25-19-13-18-10-11-20(19)27-18)24-14-17-5-4-12-26-21(17)16-8-6-15(2)7-9-16;/h6-9,17-21H,3-5,10-14H2,1-2H3,(H2,23,24,25);1H. The van der Waals surface area contributed by atoms with Crippen LogP contribution in [0.4, 0.5) is 0 Å². The van der Waals surface area contributed by atoms with Gasteiger partial charge in [-0.05, 0) is 51.5 Å². The van der Waals surface area contributed by atoms with Crippen LogP contribution in [0.25, 0.3) is 0 Å². The van der Waals surface area contributed by atoms with Crippen LogP contribution >= 0.6 is 24.0 Å². The summed E-state index contributed by atoms with van der Waals surface area (Å²) >= 11 is 0. The minimum Gasteiger partial charge on any atom is -0.373 e. The van der Waals surface area contributed by atoms with Crippen molar-refractivity contribution in [2.75, 3.05) is 19.7 Å². The van der Waals surface area contributed by atoms with Gasteiger partial charge >= 0.3 is 0 Å². The summed E-state index contributed by atoms with van der Waals surface area (Å²) in [6, 6.07) is 9.16. The number of nitrogens with one attached hydrogen (secondary N) is 2. The summed E-state index contributed by atoms with van der Waals surface area (Å²) in [6.45, 7) is 6.75. The highest BCUT2D eigenvalue weighted by molar-refractivity contribution is 14.0. The third kappa shape index (κ3) is 5.19. The molecule has 1 aromatic rings. The molecule has 3 fully saturated rings. The molecule has 5 nitrogen and oxygen atoms in total. The van der Waals surface area contributed by atoms with Gasteiger partial charge in [0.05, 0.1) is 24.4 Å². The first kappa shape index (κ1) is 21.8. The quantitative estimate of drug-likeness (QED) is 0.366. The second-order valence-corrected chi connectivity index (χ2v) is 8.18. The number of guanidine groups is 1. The van der Waals surface area contributed by atoms with Crippen molar-refractivity contribution in [1.29, 1.82) is 0 Å². The number of benzene rings is 1. The number of aryl methyl sites for hydroxylation is 1. The summed E-state index contributed by atoms with van der Waals surface area (Å²) in [5, 5.41) is 7.04. The molecule has 5 atom stereocenters. The van der Waals surface area contributed by atoms with Crippen molar-refractivity contribution in [3.63, 3.8) is 0 Å². The Morgan fingerprint density at radius 3 is 2.68 bits per heavy atom. The van der Waals surface area contributed by atoms with Crippen LogP contribution in [0.1, 0.15) is 56.3 Å².